The normalized spacial score (nSPS) is 13.1. The summed E-state index contributed by atoms with van der Waals surface area (Å²) < 4.78 is 1.84. The lowest BCUT2D eigenvalue weighted by atomic mass is 10.1. The molecule has 0 spiro atoms. The molecule has 4 heteroatoms. The van der Waals surface area contributed by atoms with Crippen molar-refractivity contribution in [3.8, 4) is 0 Å². The van der Waals surface area contributed by atoms with Crippen LogP contribution >= 0.6 is 11.3 Å². The third kappa shape index (κ3) is 1.47. The van der Waals surface area contributed by atoms with Gasteiger partial charge in [0.1, 0.15) is 11.9 Å². The number of thiophene rings is 1. The molecule has 1 unspecified atom stereocenters. The van der Waals surface area contributed by atoms with Crippen LogP contribution in [0.15, 0.2) is 23.8 Å². The molecule has 3 nitrogen and oxygen atoms in total. The average molecular weight is 208 g/mol. The van der Waals surface area contributed by atoms with Crippen molar-refractivity contribution in [3.63, 3.8) is 0 Å². The fourth-order valence-electron chi connectivity index (χ4n) is 1.46. The van der Waals surface area contributed by atoms with Gasteiger partial charge in [0.05, 0.1) is 0 Å². The van der Waals surface area contributed by atoms with E-state index in [0.717, 1.165) is 10.4 Å². The van der Waals surface area contributed by atoms with Gasteiger partial charge in [-0.05, 0) is 18.4 Å². The average Bonchev–Trinajstić information content (AvgIpc) is 2.73. The highest BCUT2D eigenvalue weighted by molar-refractivity contribution is 7.10. The van der Waals surface area contributed by atoms with Gasteiger partial charge in [0, 0.05) is 29.9 Å². The van der Waals surface area contributed by atoms with Gasteiger partial charge < -0.3 is 9.67 Å². The Bertz CT molecular complexity index is 393. The molecule has 2 aromatic heterocycles. The van der Waals surface area contributed by atoms with E-state index in [2.05, 4.69) is 4.98 Å². The van der Waals surface area contributed by atoms with Crippen LogP contribution in [-0.4, -0.2) is 14.7 Å². The first-order valence-corrected chi connectivity index (χ1v) is 5.27. The van der Waals surface area contributed by atoms with Gasteiger partial charge in [0.15, 0.2) is 0 Å². The lowest BCUT2D eigenvalue weighted by Gasteiger charge is -2.09. The molecule has 0 saturated heterocycles. The molecule has 0 radical (unpaired) electrons. The molecule has 0 amide bonds. The fourth-order valence-corrected chi connectivity index (χ4v) is 2.19. The Labute approximate surface area is 86.7 Å². The molecular formula is C10H12N2OS. The number of aliphatic hydroxyl groups excluding tert-OH is 1. The molecule has 0 fully saturated rings. The topological polar surface area (TPSA) is 38.1 Å². The summed E-state index contributed by atoms with van der Waals surface area (Å²) in [4.78, 5) is 5.27. The van der Waals surface area contributed by atoms with Gasteiger partial charge >= 0.3 is 0 Å². The zero-order chi connectivity index (χ0) is 10.1. The molecule has 1 atom stereocenters. The standard InChI is InChI=1S/C10H12N2OS/c1-7-8(3-6-14-7)9(13)10-11-4-5-12(10)2/h3-6,9,13H,1-2H3. The van der Waals surface area contributed by atoms with Crippen molar-refractivity contribution in [3.05, 3.63) is 40.1 Å². The second kappa shape index (κ2) is 3.55. The molecule has 0 aliphatic heterocycles. The third-order valence-electron chi connectivity index (χ3n) is 2.30. The van der Waals surface area contributed by atoms with E-state index in [1.807, 2.05) is 36.2 Å². The summed E-state index contributed by atoms with van der Waals surface area (Å²) in [5.74, 6) is 0.687. The molecular weight excluding hydrogens is 196 g/mol. The quantitative estimate of drug-likeness (QED) is 0.818. The highest BCUT2D eigenvalue weighted by atomic mass is 32.1. The number of rotatable bonds is 2. The van der Waals surface area contributed by atoms with Gasteiger partial charge in [0.2, 0.25) is 0 Å². The highest BCUT2D eigenvalue weighted by Crippen LogP contribution is 2.26. The van der Waals surface area contributed by atoms with Crippen LogP contribution in [0.4, 0.5) is 0 Å². The van der Waals surface area contributed by atoms with Gasteiger partial charge in [-0.15, -0.1) is 11.3 Å². The number of hydrogen-bond acceptors (Lipinski definition) is 3. The van der Waals surface area contributed by atoms with Crippen LogP contribution in [0.2, 0.25) is 0 Å². The first-order valence-electron chi connectivity index (χ1n) is 4.39. The first kappa shape index (κ1) is 9.43. The van der Waals surface area contributed by atoms with Gasteiger partial charge in [-0.1, -0.05) is 0 Å². The molecule has 0 aliphatic rings. The maximum Gasteiger partial charge on any atom is 0.142 e. The Kier molecular flexibility index (Phi) is 2.39. The molecule has 0 bridgehead atoms. The van der Waals surface area contributed by atoms with Gasteiger partial charge in [-0.3, -0.25) is 0 Å². The first-order chi connectivity index (χ1) is 6.70. The van der Waals surface area contributed by atoms with Crippen molar-refractivity contribution in [1.82, 2.24) is 9.55 Å². The summed E-state index contributed by atoms with van der Waals surface area (Å²) in [7, 11) is 1.88. The van der Waals surface area contributed by atoms with E-state index in [-0.39, 0.29) is 0 Å². The van der Waals surface area contributed by atoms with Gasteiger partial charge in [-0.2, -0.15) is 0 Å². The molecule has 74 valence electrons. The number of aliphatic hydroxyl groups is 1. The van der Waals surface area contributed by atoms with Crippen LogP contribution < -0.4 is 0 Å². The second-order valence-corrected chi connectivity index (χ2v) is 4.35. The van der Waals surface area contributed by atoms with Crippen molar-refractivity contribution in [2.75, 3.05) is 0 Å². The van der Waals surface area contributed by atoms with Crippen LogP contribution in [0.5, 0.6) is 0 Å². The largest absolute Gasteiger partial charge is 0.380 e. The van der Waals surface area contributed by atoms with Crippen molar-refractivity contribution >= 4 is 11.3 Å². The number of imidazole rings is 1. The van der Waals surface area contributed by atoms with E-state index in [1.165, 1.54) is 0 Å². The maximum absolute atomic E-state index is 10.1. The molecule has 0 aliphatic carbocycles. The highest BCUT2D eigenvalue weighted by Gasteiger charge is 2.17. The SMILES string of the molecule is Cc1sccc1C(O)c1nccn1C. The maximum atomic E-state index is 10.1. The number of nitrogens with zero attached hydrogens (tertiary/aromatic N) is 2. The molecule has 2 heterocycles. The summed E-state index contributed by atoms with van der Waals surface area (Å²) in [5, 5.41) is 12.0. The number of aromatic nitrogens is 2. The Hall–Kier alpha value is -1.13. The zero-order valence-electron chi connectivity index (χ0n) is 8.14. The van der Waals surface area contributed by atoms with E-state index in [0.29, 0.717) is 5.82 Å². The lowest BCUT2D eigenvalue weighted by Crippen LogP contribution is -2.06. The van der Waals surface area contributed by atoms with Crippen LogP contribution in [-0.2, 0) is 7.05 Å². The van der Waals surface area contributed by atoms with E-state index < -0.39 is 6.10 Å². The van der Waals surface area contributed by atoms with Crippen molar-refractivity contribution in [2.24, 2.45) is 7.05 Å². The smallest absolute Gasteiger partial charge is 0.142 e. The van der Waals surface area contributed by atoms with Gasteiger partial charge in [-0.25, -0.2) is 4.98 Å². The molecule has 0 saturated carbocycles. The zero-order valence-corrected chi connectivity index (χ0v) is 8.95. The molecule has 2 aromatic rings. The number of hydrogen-bond donors (Lipinski definition) is 1. The monoisotopic (exact) mass is 208 g/mol. The predicted molar refractivity (Wildman–Crippen MR) is 56.3 cm³/mol. The minimum Gasteiger partial charge on any atom is -0.380 e. The molecule has 14 heavy (non-hydrogen) atoms. The van der Waals surface area contributed by atoms with E-state index in [4.69, 9.17) is 0 Å². The van der Waals surface area contributed by atoms with E-state index in [1.54, 1.807) is 17.5 Å². The summed E-state index contributed by atoms with van der Waals surface area (Å²) in [5.41, 5.74) is 0.948. The number of aryl methyl sites for hydroxylation is 2. The molecule has 1 N–H and O–H groups in total. The summed E-state index contributed by atoms with van der Waals surface area (Å²) in [6, 6.07) is 1.94. The second-order valence-electron chi connectivity index (χ2n) is 3.23. The van der Waals surface area contributed by atoms with Crippen LogP contribution in [0.25, 0.3) is 0 Å². The summed E-state index contributed by atoms with van der Waals surface area (Å²) in [6.07, 6.45) is 2.92. The van der Waals surface area contributed by atoms with Crippen molar-refractivity contribution in [2.45, 2.75) is 13.0 Å². The Morgan fingerprint density at radius 2 is 2.36 bits per heavy atom. The van der Waals surface area contributed by atoms with Crippen LogP contribution in [0.1, 0.15) is 22.4 Å². The fraction of sp³-hybridized carbons (Fsp3) is 0.300. The summed E-state index contributed by atoms with van der Waals surface area (Å²) >= 11 is 1.64. The summed E-state index contributed by atoms with van der Waals surface area (Å²) in [6.45, 7) is 2.01. The lowest BCUT2D eigenvalue weighted by molar-refractivity contribution is 0.206. The predicted octanol–water partition coefficient (Wildman–Crippen LogP) is 1.87. The Morgan fingerprint density at radius 1 is 1.57 bits per heavy atom. The van der Waals surface area contributed by atoms with Crippen molar-refractivity contribution in [1.29, 1.82) is 0 Å². The molecule has 0 aromatic carbocycles. The minimum atomic E-state index is -0.610. The van der Waals surface area contributed by atoms with Gasteiger partial charge in [0.25, 0.3) is 0 Å². The van der Waals surface area contributed by atoms with Crippen molar-refractivity contribution < 1.29 is 5.11 Å². The van der Waals surface area contributed by atoms with E-state index >= 15 is 0 Å². The van der Waals surface area contributed by atoms with E-state index in [9.17, 15) is 5.11 Å². The Morgan fingerprint density at radius 3 is 2.86 bits per heavy atom. The Balaban J connectivity index is 2.38. The van der Waals surface area contributed by atoms with Crippen LogP contribution in [0.3, 0.4) is 0 Å². The molecule has 2 rings (SSSR count). The third-order valence-corrected chi connectivity index (χ3v) is 3.16. The minimum absolute atomic E-state index is 0.610. The van der Waals surface area contributed by atoms with Crippen LogP contribution in [0, 0.1) is 6.92 Å².